The summed E-state index contributed by atoms with van der Waals surface area (Å²) in [6.07, 6.45) is -30.3. The van der Waals surface area contributed by atoms with Crippen molar-refractivity contribution in [3.8, 4) is 11.5 Å². The Bertz CT molecular complexity index is 3480. The molecular weight excluding hydrogens is 1320 g/mol. The molecule has 25 atom stereocenters. The van der Waals surface area contributed by atoms with Crippen molar-refractivity contribution >= 4 is 52.6 Å². The molecule has 3 saturated heterocycles. The highest BCUT2D eigenvalue weighted by Crippen LogP contribution is 2.34. The summed E-state index contributed by atoms with van der Waals surface area (Å²) >= 11 is 0. The van der Waals surface area contributed by atoms with Gasteiger partial charge in [0.05, 0.1) is 71.4 Å². The summed E-state index contributed by atoms with van der Waals surface area (Å²) in [7, 11) is 1.55. The lowest BCUT2D eigenvalue weighted by molar-refractivity contribution is -0.355. The third-order valence-corrected chi connectivity index (χ3v) is 18.2. The summed E-state index contributed by atoms with van der Waals surface area (Å²) in [5, 5.41) is 157. The van der Waals surface area contributed by atoms with Gasteiger partial charge in [-0.15, -0.1) is 0 Å². The third-order valence-electron chi connectivity index (χ3n) is 18.2. The summed E-state index contributed by atoms with van der Waals surface area (Å²) in [5.74, 6) is -5.52. The first-order chi connectivity index (χ1) is 47.8. The van der Waals surface area contributed by atoms with E-state index in [2.05, 4.69) is 36.6 Å². The van der Waals surface area contributed by atoms with Gasteiger partial charge in [-0.05, 0) is 57.8 Å². The van der Waals surface area contributed by atoms with Crippen LogP contribution in [0.1, 0.15) is 29.5 Å². The van der Waals surface area contributed by atoms with Gasteiger partial charge in [-0.25, -0.2) is 0 Å². The number of aliphatic hydroxyl groups excluding tert-OH is 13. The third kappa shape index (κ3) is 17.3. The van der Waals surface area contributed by atoms with Gasteiger partial charge in [0.1, 0.15) is 127 Å². The fourth-order valence-electron chi connectivity index (χ4n) is 12.3. The molecule has 4 aromatic carbocycles. The lowest BCUT2D eigenvalue weighted by atomic mass is 9.93. The number of nitrogens with zero attached hydrogens (tertiary/aromatic N) is 3. The average molecular weight is 1410 g/mol. The van der Waals surface area contributed by atoms with Crippen molar-refractivity contribution in [1.82, 2.24) is 31.5 Å². The number of carbonyl (C=O) groups is 5. The van der Waals surface area contributed by atoms with E-state index in [1.54, 1.807) is 56.5 Å². The van der Waals surface area contributed by atoms with Crippen LogP contribution in [-0.4, -0.2) is 306 Å². The number of aldehydes is 1. The van der Waals surface area contributed by atoms with Gasteiger partial charge in [-0.3, -0.25) is 29.2 Å². The number of methoxy groups -OCH3 is 1. The Kier molecular flexibility index (Phi) is 26.0. The highest BCUT2D eigenvalue weighted by atomic mass is 16.7. The van der Waals surface area contributed by atoms with Gasteiger partial charge in [-0.1, -0.05) is 67.6 Å². The second kappa shape index (κ2) is 34.2. The van der Waals surface area contributed by atoms with Crippen molar-refractivity contribution < 1.29 is 124 Å². The molecule has 4 amide bonds. The molecular formula is C64H87N11O25. The molecule has 25 unspecified atom stereocenters. The van der Waals surface area contributed by atoms with E-state index >= 15 is 4.79 Å². The van der Waals surface area contributed by atoms with E-state index in [9.17, 15) is 85.6 Å². The fourth-order valence-corrected chi connectivity index (χ4v) is 12.3. The van der Waals surface area contributed by atoms with Crippen LogP contribution in [0.2, 0.25) is 0 Å². The number of hydrogen-bond donors (Lipinski definition) is 21. The highest BCUT2D eigenvalue weighted by molar-refractivity contribution is 5.96. The zero-order valence-corrected chi connectivity index (χ0v) is 54.1. The van der Waals surface area contributed by atoms with E-state index in [0.29, 0.717) is 16.9 Å². The number of benzene rings is 4. The van der Waals surface area contributed by atoms with Crippen LogP contribution in [0.5, 0.6) is 11.5 Å². The van der Waals surface area contributed by atoms with Crippen LogP contribution in [0, 0.1) is 0 Å². The number of nitrogens with one attached hydrogen (secondary N) is 5. The van der Waals surface area contributed by atoms with Crippen LogP contribution >= 0.6 is 0 Å². The minimum atomic E-state index is -2.26. The number of hydrogen-bond acceptors (Lipinski definition) is 32. The largest absolute Gasteiger partial charge is 0.497 e. The predicted molar refractivity (Wildman–Crippen MR) is 345 cm³/mol. The summed E-state index contributed by atoms with van der Waals surface area (Å²) in [5.41, 5.74) is 20.2. The average Bonchev–Trinajstić information content (AvgIpc) is 1.47. The quantitative estimate of drug-likeness (QED) is 0.0216. The standard InChI is InChI=1S/C64H87N11O25/c1-27(30-6-4-3-5-7-30)42(65)57(91)71-36(56(90)73-43(45(81)37-19-68-63(66)72-37)59(93)74-44(58(92)70-33(21-76)22-77)46(82)38-20-69-64(67)75(38)60-51(87)49(85)47(83)39(23-78)97-60)17-28-9-13-34(14-10-28)96-61-52(88)50(86)54(41(25-80)99-61)100-62-53(89)55(48(84)40(24-79)98-62)95-26-29-8-11-32-18-35(94-2)15-12-31(32)16-29/h3-16,18,21,27,33,36-55,60-62,77-89H,17,19-20,22-26,65H2,1-2H3,(H2,67,69)(H,70,92)(H,71,91)(H,73,90)(H,74,93)(H3,66,68,72). The molecule has 0 bridgehead atoms. The van der Waals surface area contributed by atoms with Crippen LogP contribution in [0.25, 0.3) is 10.8 Å². The number of nitrogens with two attached hydrogens (primary N) is 3. The number of carbonyl (C=O) groups excluding carboxylic acids is 5. The molecule has 0 spiro atoms. The smallest absolute Gasteiger partial charge is 0.246 e. The van der Waals surface area contributed by atoms with E-state index in [0.717, 1.165) is 15.7 Å². The molecule has 100 heavy (non-hydrogen) atoms. The molecule has 3 fully saturated rings. The Morgan fingerprint density at radius 1 is 0.650 bits per heavy atom. The molecule has 0 aliphatic carbocycles. The number of aliphatic imine (C=N–C) groups is 2. The zero-order valence-electron chi connectivity index (χ0n) is 54.1. The molecule has 9 rings (SSSR count). The molecule has 5 aliphatic rings. The number of fused-ring (bicyclic) bond motifs is 1. The maximum atomic E-state index is 15.0. The van der Waals surface area contributed by atoms with Crippen LogP contribution < -0.4 is 53.3 Å². The summed E-state index contributed by atoms with van der Waals surface area (Å²) in [4.78, 5) is 79.4. The van der Waals surface area contributed by atoms with Crippen LogP contribution in [-0.2, 0) is 60.7 Å². The number of ether oxygens (including phenoxy) is 7. The maximum Gasteiger partial charge on any atom is 0.246 e. The summed E-state index contributed by atoms with van der Waals surface area (Å²) in [6, 6.07) is 13.1. The first-order valence-electron chi connectivity index (χ1n) is 32.1. The van der Waals surface area contributed by atoms with Gasteiger partial charge in [-0.2, -0.15) is 0 Å². The van der Waals surface area contributed by atoms with Crippen LogP contribution in [0.4, 0.5) is 0 Å². The monoisotopic (exact) mass is 1410 g/mol. The molecule has 5 heterocycles. The SMILES string of the molecule is COc1ccc2cc(COC3C(O)C(CO)OC(OC4C(CO)OC(Oc5ccc(CC(NC(=O)C(N)C(C)c6ccccc6)C(=O)NC(C(=O)NC(C(=O)NC(C=O)CO)C(O)C6CN=C(N)N6C6OC(CO)C(O)C(O)C6O)C(O)C6CN=C(N)N6)cc5)C(O)C4O)C3O)ccc2c1. The van der Waals surface area contributed by atoms with Crippen molar-refractivity contribution in [2.24, 2.45) is 27.2 Å². The van der Waals surface area contributed by atoms with E-state index in [4.69, 9.17) is 50.4 Å². The van der Waals surface area contributed by atoms with Crippen molar-refractivity contribution in [3.63, 3.8) is 0 Å². The Morgan fingerprint density at radius 2 is 1.27 bits per heavy atom. The van der Waals surface area contributed by atoms with Crippen LogP contribution in [0.3, 0.4) is 0 Å². The van der Waals surface area contributed by atoms with Crippen molar-refractivity contribution in [2.45, 2.75) is 172 Å². The summed E-state index contributed by atoms with van der Waals surface area (Å²) < 4.78 is 40.6. The molecule has 36 nitrogen and oxygen atoms in total. The van der Waals surface area contributed by atoms with Gasteiger partial charge < -0.3 is 153 Å². The lowest BCUT2D eigenvalue weighted by Gasteiger charge is -2.46. The van der Waals surface area contributed by atoms with Crippen molar-refractivity contribution in [2.75, 3.05) is 46.6 Å². The molecule has 24 N–H and O–H groups in total. The first kappa shape index (κ1) is 76.3. The predicted octanol–water partition coefficient (Wildman–Crippen LogP) is -9.31. The summed E-state index contributed by atoms with van der Waals surface area (Å²) in [6.45, 7) is -2.75. The molecule has 0 radical (unpaired) electrons. The number of amides is 4. The second-order valence-electron chi connectivity index (χ2n) is 24.8. The maximum absolute atomic E-state index is 15.0. The number of rotatable bonds is 30. The Morgan fingerprint density at radius 3 is 1.92 bits per heavy atom. The molecule has 0 saturated carbocycles. The molecule has 548 valence electrons. The van der Waals surface area contributed by atoms with Gasteiger partial charge in [0.2, 0.25) is 29.9 Å². The Labute approximate surface area is 571 Å². The minimum Gasteiger partial charge on any atom is -0.497 e. The lowest BCUT2D eigenvalue weighted by Crippen LogP contribution is -2.70. The molecule has 0 aromatic heterocycles. The van der Waals surface area contributed by atoms with Crippen molar-refractivity contribution in [1.29, 1.82) is 0 Å². The van der Waals surface area contributed by atoms with Crippen molar-refractivity contribution in [3.05, 3.63) is 108 Å². The fraction of sp³-hybridized carbons (Fsp3) is 0.547. The zero-order chi connectivity index (χ0) is 72.4. The van der Waals surface area contributed by atoms with Gasteiger partial charge >= 0.3 is 0 Å². The first-order valence-corrected chi connectivity index (χ1v) is 32.1. The number of aliphatic hydroxyl groups is 13. The highest BCUT2D eigenvalue weighted by Gasteiger charge is 2.54. The van der Waals surface area contributed by atoms with Gasteiger partial charge in [0, 0.05) is 12.3 Å². The van der Waals surface area contributed by atoms with Gasteiger partial charge in [0.15, 0.2) is 24.4 Å². The topological polar surface area (TPSA) is 579 Å². The van der Waals surface area contributed by atoms with E-state index in [1.807, 2.05) is 24.3 Å². The Balaban J connectivity index is 0.927. The molecule has 36 heteroatoms. The van der Waals surface area contributed by atoms with E-state index in [-0.39, 0.29) is 36.7 Å². The minimum absolute atomic E-state index is 0.0375. The molecule has 5 aliphatic heterocycles. The molecule has 4 aromatic rings. The normalized spacial score (nSPS) is 30.8. The van der Waals surface area contributed by atoms with E-state index < -0.39 is 221 Å². The van der Waals surface area contributed by atoms with Gasteiger partial charge in [0.25, 0.3) is 0 Å². The van der Waals surface area contributed by atoms with E-state index in [1.165, 1.54) is 24.3 Å². The van der Waals surface area contributed by atoms with Crippen LogP contribution in [0.15, 0.2) is 101 Å². The number of guanidine groups is 2. The Hall–Kier alpha value is -7.93. The second-order valence-corrected chi connectivity index (χ2v) is 24.8.